The van der Waals surface area contributed by atoms with Crippen LogP contribution in [0.3, 0.4) is 0 Å². The highest BCUT2D eigenvalue weighted by Gasteiger charge is 2.09. The monoisotopic (exact) mass is 341 g/mol. The lowest BCUT2D eigenvalue weighted by Gasteiger charge is -2.11. The molecule has 24 heavy (non-hydrogen) atoms. The topological polar surface area (TPSA) is 67.2 Å². The maximum Gasteiger partial charge on any atom is 0.253 e. The number of nitrogens with one attached hydrogen (secondary N) is 2. The zero-order chi connectivity index (χ0) is 16.9. The van der Waals surface area contributed by atoms with Crippen LogP contribution in [0.25, 0.3) is 0 Å². The van der Waals surface area contributed by atoms with Crippen molar-refractivity contribution in [2.24, 2.45) is 0 Å². The van der Waals surface area contributed by atoms with Crippen molar-refractivity contribution in [3.05, 3.63) is 77.0 Å². The Labute approximate surface area is 144 Å². The van der Waals surface area contributed by atoms with Crippen molar-refractivity contribution >= 4 is 28.9 Å². The van der Waals surface area contributed by atoms with Gasteiger partial charge in [-0.15, -0.1) is 0 Å². The number of carbonyl (C=O) groups excluding carboxylic acids is 1. The summed E-state index contributed by atoms with van der Waals surface area (Å²) in [5.41, 5.74) is 2.99. The number of pyridine rings is 1. The van der Waals surface area contributed by atoms with E-state index in [9.17, 15) is 4.79 Å². The molecule has 0 fully saturated rings. The van der Waals surface area contributed by atoms with E-state index in [4.69, 9.17) is 16.0 Å². The Hall–Kier alpha value is -2.79. The third-order valence-corrected chi connectivity index (χ3v) is 3.96. The normalized spacial score (nSPS) is 10.4. The van der Waals surface area contributed by atoms with Crippen molar-refractivity contribution in [2.45, 2.75) is 13.5 Å². The highest BCUT2D eigenvalue weighted by molar-refractivity contribution is 6.31. The molecule has 0 aliphatic carbocycles. The molecular weight excluding hydrogens is 326 g/mol. The van der Waals surface area contributed by atoms with E-state index in [-0.39, 0.29) is 5.91 Å². The summed E-state index contributed by atoms with van der Waals surface area (Å²) in [6.45, 7) is 2.26. The fourth-order valence-electron chi connectivity index (χ4n) is 2.21. The summed E-state index contributed by atoms with van der Waals surface area (Å²) in [6, 6.07) is 10.9. The van der Waals surface area contributed by atoms with Crippen LogP contribution in [-0.2, 0) is 6.54 Å². The van der Waals surface area contributed by atoms with E-state index in [0.29, 0.717) is 28.6 Å². The standard InChI is InChI=1S/C18H16ClN3O2/c1-12-16(19)5-2-6-17(12)22-14-8-13(9-20-10-14)18(23)21-11-15-4-3-7-24-15/h2-10,22H,11H2,1H3,(H,21,23). The lowest BCUT2D eigenvalue weighted by molar-refractivity contribution is 0.0947. The number of halogens is 1. The second kappa shape index (κ2) is 7.19. The van der Waals surface area contributed by atoms with Crippen LogP contribution in [0.15, 0.2) is 59.5 Å². The summed E-state index contributed by atoms with van der Waals surface area (Å²) in [5.74, 6) is 0.477. The molecule has 0 atom stereocenters. The van der Waals surface area contributed by atoms with Gasteiger partial charge in [0.05, 0.1) is 30.3 Å². The van der Waals surface area contributed by atoms with E-state index in [0.717, 1.165) is 11.3 Å². The van der Waals surface area contributed by atoms with Crippen molar-refractivity contribution in [3.8, 4) is 0 Å². The molecule has 5 nitrogen and oxygen atoms in total. The molecule has 0 spiro atoms. The predicted molar refractivity (Wildman–Crippen MR) is 93.6 cm³/mol. The minimum atomic E-state index is -0.217. The van der Waals surface area contributed by atoms with Crippen LogP contribution in [0, 0.1) is 6.92 Å². The van der Waals surface area contributed by atoms with E-state index >= 15 is 0 Å². The summed E-state index contributed by atoms with van der Waals surface area (Å²) in [5, 5.41) is 6.70. The van der Waals surface area contributed by atoms with Crippen molar-refractivity contribution < 1.29 is 9.21 Å². The summed E-state index contributed by atoms with van der Waals surface area (Å²) < 4.78 is 5.19. The van der Waals surface area contributed by atoms with Gasteiger partial charge in [0.1, 0.15) is 5.76 Å². The van der Waals surface area contributed by atoms with E-state index in [1.165, 1.54) is 6.20 Å². The molecule has 0 aliphatic heterocycles. The van der Waals surface area contributed by atoms with Crippen LogP contribution < -0.4 is 10.6 Å². The molecule has 0 unspecified atom stereocenters. The number of anilines is 2. The minimum absolute atomic E-state index is 0.217. The molecule has 2 heterocycles. The number of benzene rings is 1. The third-order valence-electron chi connectivity index (χ3n) is 3.55. The Morgan fingerprint density at radius 3 is 2.92 bits per heavy atom. The summed E-state index contributed by atoms with van der Waals surface area (Å²) in [7, 11) is 0. The first kappa shape index (κ1) is 16.1. The highest BCUT2D eigenvalue weighted by atomic mass is 35.5. The molecule has 0 radical (unpaired) electrons. The zero-order valence-electron chi connectivity index (χ0n) is 13.0. The number of carbonyl (C=O) groups is 1. The van der Waals surface area contributed by atoms with Gasteiger partial charge in [-0.05, 0) is 42.8 Å². The highest BCUT2D eigenvalue weighted by Crippen LogP contribution is 2.26. The second-order valence-corrected chi connectivity index (χ2v) is 5.67. The van der Waals surface area contributed by atoms with Gasteiger partial charge in [0.15, 0.2) is 0 Å². The van der Waals surface area contributed by atoms with Crippen LogP contribution in [0.2, 0.25) is 5.02 Å². The minimum Gasteiger partial charge on any atom is -0.467 e. The predicted octanol–water partition coefficient (Wildman–Crippen LogP) is 4.31. The Balaban J connectivity index is 1.71. The number of nitrogens with zero attached hydrogens (tertiary/aromatic N) is 1. The number of aromatic nitrogens is 1. The molecule has 0 saturated heterocycles. The first-order chi connectivity index (χ1) is 11.6. The molecule has 6 heteroatoms. The molecule has 3 aromatic rings. The van der Waals surface area contributed by atoms with Gasteiger partial charge in [0.25, 0.3) is 5.91 Å². The molecule has 0 aliphatic rings. The fraction of sp³-hybridized carbons (Fsp3) is 0.111. The third kappa shape index (κ3) is 3.75. The first-order valence-corrected chi connectivity index (χ1v) is 7.79. The number of hydrogen-bond acceptors (Lipinski definition) is 4. The average Bonchev–Trinajstić information content (AvgIpc) is 3.11. The van der Waals surface area contributed by atoms with E-state index in [1.807, 2.05) is 25.1 Å². The number of rotatable bonds is 5. The van der Waals surface area contributed by atoms with Crippen molar-refractivity contribution in [1.82, 2.24) is 10.3 Å². The smallest absolute Gasteiger partial charge is 0.253 e. The molecule has 122 valence electrons. The van der Waals surface area contributed by atoms with Crippen molar-refractivity contribution in [3.63, 3.8) is 0 Å². The quantitative estimate of drug-likeness (QED) is 0.725. The molecule has 2 aromatic heterocycles. The van der Waals surface area contributed by atoms with Crippen LogP contribution >= 0.6 is 11.6 Å². The van der Waals surface area contributed by atoms with Gasteiger partial charge in [0.2, 0.25) is 0 Å². The summed E-state index contributed by atoms with van der Waals surface area (Å²) >= 11 is 6.12. The molecular formula is C18H16ClN3O2. The second-order valence-electron chi connectivity index (χ2n) is 5.26. The molecule has 0 bridgehead atoms. The Morgan fingerprint density at radius 1 is 1.25 bits per heavy atom. The van der Waals surface area contributed by atoms with Gasteiger partial charge in [-0.25, -0.2) is 0 Å². The van der Waals surface area contributed by atoms with Gasteiger partial charge in [-0.3, -0.25) is 9.78 Å². The van der Waals surface area contributed by atoms with E-state index < -0.39 is 0 Å². The SMILES string of the molecule is Cc1c(Cl)cccc1Nc1cncc(C(=O)NCc2ccco2)c1. The van der Waals surface area contributed by atoms with Crippen LogP contribution in [0.1, 0.15) is 21.7 Å². The van der Waals surface area contributed by atoms with Crippen LogP contribution in [-0.4, -0.2) is 10.9 Å². The molecule has 2 N–H and O–H groups in total. The summed E-state index contributed by atoms with van der Waals surface area (Å²) in [6.07, 6.45) is 4.75. The fourth-order valence-corrected chi connectivity index (χ4v) is 2.39. The molecule has 1 amide bonds. The van der Waals surface area contributed by atoms with Gasteiger partial charge < -0.3 is 15.1 Å². The maximum absolute atomic E-state index is 12.2. The van der Waals surface area contributed by atoms with Gasteiger partial charge in [0, 0.05) is 16.9 Å². The molecule has 3 rings (SSSR count). The first-order valence-electron chi connectivity index (χ1n) is 7.41. The Bertz CT molecular complexity index is 847. The average molecular weight is 342 g/mol. The summed E-state index contributed by atoms with van der Waals surface area (Å²) in [4.78, 5) is 16.3. The number of amides is 1. The molecule has 0 saturated carbocycles. The van der Waals surface area contributed by atoms with Gasteiger partial charge in [-0.1, -0.05) is 17.7 Å². The van der Waals surface area contributed by atoms with Crippen molar-refractivity contribution in [2.75, 3.05) is 5.32 Å². The molecule has 1 aromatic carbocycles. The Morgan fingerprint density at radius 2 is 2.12 bits per heavy atom. The van der Waals surface area contributed by atoms with Crippen molar-refractivity contribution in [1.29, 1.82) is 0 Å². The number of hydrogen-bond donors (Lipinski definition) is 2. The zero-order valence-corrected chi connectivity index (χ0v) is 13.8. The van der Waals surface area contributed by atoms with Gasteiger partial charge in [-0.2, -0.15) is 0 Å². The Kier molecular flexibility index (Phi) is 4.82. The number of furan rings is 1. The van der Waals surface area contributed by atoms with Crippen LogP contribution in [0.4, 0.5) is 11.4 Å². The van der Waals surface area contributed by atoms with Crippen LogP contribution in [0.5, 0.6) is 0 Å². The van der Waals surface area contributed by atoms with E-state index in [1.54, 1.807) is 30.7 Å². The van der Waals surface area contributed by atoms with E-state index in [2.05, 4.69) is 15.6 Å². The van der Waals surface area contributed by atoms with Gasteiger partial charge >= 0.3 is 0 Å². The lowest BCUT2D eigenvalue weighted by atomic mass is 10.2. The maximum atomic E-state index is 12.2. The largest absolute Gasteiger partial charge is 0.467 e. The lowest BCUT2D eigenvalue weighted by Crippen LogP contribution is -2.22.